The molecule has 0 saturated heterocycles. The van der Waals surface area contributed by atoms with Gasteiger partial charge < -0.3 is 5.48 Å². The predicted octanol–water partition coefficient (Wildman–Crippen LogP) is 3.28. The monoisotopic (exact) mass is 370 g/mol. The zero-order valence-corrected chi connectivity index (χ0v) is 15.0. The quantitative estimate of drug-likeness (QED) is 0.256. The third-order valence-corrected chi connectivity index (χ3v) is 4.19. The van der Waals surface area contributed by atoms with E-state index in [0.717, 1.165) is 12.8 Å². The van der Waals surface area contributed by atoms with Gasteiger partial charge in [0.25, 0.3) is 0 Å². The predicted molar refractivity (Wildman–Crippen MR) is 101 cm³/mol. The van der Waals surface area contributed by atoms with Crippen LogP contribution in [0.4, 0.5) is 0 Å². The lowest BCUT2D eigenvalue weighted by molar-refractivity contribution is 0.261. The summed E-state index contributed by atoms with van der Waals surface area (Å²) in [5, 5.41) is 0. The summed E-state index contributed by atoms with van der Waals surface area (Å²) in [6.07, 6.45) is 17.6. The molecule has 0 bridgehead atoms. The van der Waals surface area contributed by atoms with Gasteiger partial charge in [-0.2, -0.15) is 8.42 Å². The van der Waals surface area contributed by atoms with Gasteiger partial charge >= 0.3 is 10.4 Å². The molecule has 0 aromatic heterocycles. The van der Waals surface area contributed by atoms with Crippen molar-refractivity contribution in [3.63, 3.8) is 0 Å². The first-order chi connectivity index (χ1) is 10.1. The van der Waals surface area contributed by atoms with E-state index < -0.39 is 10.4 Å². The molecule has 0 saturated carbocycles. The Labute approximate surface area is 154 Å². The molecule has 0 aromatic rings. The van der Waals surface area contributed by atoms with Crippen LogP contribution in [0.15, 0.2) is 0 Å². The lowest BCUT2D eigenvalue weighted by atomic mass is 10.0. The Kier molecular flexibility index (Phi) is 25.0. The molecule has 23 heavy (non-hydrogen) atoms. The maximum atomic E-state index is 10.3. The molecule has 0 aliphatic heterocycles. The minimum Gasteiger partial charge on any atom is -0.412 e. The van der Waals surface area contributed by atoms with Gasteiger partial charge in [-0.1, -0.05) is 90.4 Å². The van der Waals surface area contributed by atoms with E-state index in [0.29, 0.717) is 6.42 Å². The van der Waals surface area contributed by atoms with Crippen molar-refractivity contribution in [3.05, 3.63) is 0 Å². The van der Waals surface area contributed by atoms with Crippen LogP contribution in [-0.2, 0) is 14.6 Å². The van der Waals surface area contributed by atoms with Crippen LogP contribution in [0.5, 0.6) is 0 Å². The summed E-state index contributed by atoms with van der Waals surface area (Å²) in [5.74, 6) is 0. The molecule has 0 unspecified atom stereocenters. The van der Waals surface area contributed by atoms with Crippen LogP contribution in [0.25, 0.3) is 0 Å². The third-order valence-electron chi connectivity index (χ3n) is 3.73. The number of hydrogen-bond acceptors (Lipinski definition) is 3. The topological polar surface area (TPSA) is 95.1 Å². The fourth-order valence-electron chi connectivity index (χ4n) is 2.46. The van der Waals surface area contributed by atoms with Crippen LogP contribution < -0.4 is 0 Å². The summed E-state index contributed by atoms with van der Waals surface area (Å²) in [6.45, 7) is 2.35. The molecular formula is C16H39AlO5S. The fraction of sp³-hybridized carbons (Fsp3) is 1.00. The summed E-state index contributed by atoms with van der Waals surface area (Å²) in [7, 11) is -4.24. The fourth-order valence-corrected chi connectivity index (χ4v) is 2.79. The molecule has 142 valence electrons. The highest BCUT2D eigenvalue weighted by Gasteiger charge is 2.02. The zero-order valence-electron chi connectivity index (χ0n) is 14.2. The third kappa shape index (κ3) is 27.5. The Morgan fingerprint density at radius 2 is 1.00 bits per heavy atom. The molecule has 0 amide bonds. The van der Waals surface area contributed by atoms with Crippen molar-refractivity contribution in [2.24, 2.45) is 0 Å². The summed E-state index contributed by atoms with van der Waals surface area (Å²) >= 11 is 0. The first kappa shape index (κ1) is 28.2. The van der Waals surface area contributed by atoms with Crippen molar-refractivity contribution >= 4 is 27.8 Å². The Balaban J connectivity index is -0.00000200. The van der Waals surface area contributed by atoms with E-state index in [2.05, 4.69) is 11.1 Å². The van der Waals surface area contributed by atoms with Crippen molar-refractivity contribution in [3.8, 4) is 0 Å². The van der Waals surface area contributed by atoms with Gasteiger partial charge in [-0.3, -0.25) is 4.55 Å². The van der Waals surface area contributed by atoms with Gasteiger partial charge in [-0.25, -0.2) is 4.18 Å². The highest BCUT2D eigenvalue weighted by molar-refractivity contribution is 7.80. The minimum absolute atomic E-state index is 0. The molecule has 0 rings (SSSR count). The van der Waals surface area contributed by atoms with Crippen LogP contribution in [-0.4, -0.2) is 42.4 Å². The van der Waals surface area contributed by atoms with Gasteiger partial charge in [0.05, 0.1) is 6.61 Å². The van der Waals surface area contributed by atoms with E-state index in [4.69, 9.17) is 4.55 Å². The molecule has 3 N–H and O–H groups in total. The standard InChI is InChI=1S/C16H34O4S.Al.H2O.3H/c1-2-3-4-5-6-7-8-9-10-11-12-13-14-15-16-20-21(17,18)19;;;;;/h2-16H2,1H3,(H,17,18,19);;1H2;;;. The van der Waals surface area contributed by atoms with Crippen LogP contribution in [0, 0.1) is 0 Å². The molecule has 0 spiro atoms. The maximum absolute atomic E-state index is 10.3. The normalized spacial score (nSPS) is 10.9. The van der Waals surface area contributed by atoms with Gasteiger partial charge in [0.15, 0.2) is 17.4 Å². The molecule has 0 aliphatic carbocycles. The van der Waals surface area contributed by atoms with Crippen LogP contribution in [0.1, 0.15) is 96.8 Å². The molecule has 0 aromatic carbocycles. The Hall–Kier alpha value is 0.362. The van der Waals surface area contributed by atoms with Gasteiger partial charge in [-0.15, -0.1) is 0 Å². The second kappa shape index (κ2) is 20.4. The van der Waals surface area contributed by atoms with Gasteiger partial charge in [-0.05, 0) is 6.42 Å². The highest BCUT2D eigenvalue weighted by Crippen LogP contribution is 2.12. The summed E-state index contributed by atoms with van der Waals surface area (Å²) in [6, 6.07) is 0. The number of unbranched alkanes of at least 4 members (excludes halogenated alkanes) is 13. The maximum Gasteiger partial charge on any atom is 0.397 e. The lowest BCUT2D eigenvalue weighted by Gasteiger charge is -2.03. The summed E-state index contributed by atoms with van der Waals surface area (Å²) in [5.41, 5.74) is 0. The van der Waals surface area contributed by atoms with Crippen LogP contribution >= 0.6 is 0 Å². The smallest absolute Gasteiger partial charge is 0.397 e. The molecule has 0 fully saturated rings. The highest BCUT2D eigenvalue weighted by atomic mass is 32.3. The first-order valence-corrected chi connectivity index (χ1v) is 10.0. The van der Waals surface area contributed by atoms with Crippen molar-refractivity contribution in [2.45, 2.75) is 96.8 Å². The van der Waals surface area contributed by atoms with Crippen LogP contribution in [0.2, 0.25) is 0 Å². The Morgan fingerprint density at radius 3 is 1.30 bits per heavy atom. The average molecular weight is 371 g/mol. The number of hydrogen-bond donors (Lipinski definition) is 1. The molecule has 7 heteroatoms. The van der Waals surface area contributed by atoms with Crippen molar-refractivity contribution in [1.29, 1.82) is 0 Å². The van der Waals surface area contributed by atoms with Gasteiger partial charge in [0, 0.05) is 0 Å². The zero-order chi connectivity index (χ0) is 15.8. The SMILES string of the molecule is CCCCCCCCCCCCCCCCOS(=O)(=O)O.O.[AlH3]. The summed E-state index contributed by atoms with van der Waals surface area (Å²) < 4.78 is 33.2. The molecule has 0 heterocycles. The molecule has 0 aliphatic rings. The van der Waals surface area contributed by atoms with E-state index in [9.17, 15) is 8.42 Å². The first-order valence-electron chi connectivity index (χ1n) is 8.68. The van der Waals surface area contributed by atoms with Crippen molar-refractivity contribution in [2.75, 3.05) is 6.61 Å². The van der Waals surface area contributed by atoms with E-state index >= 15 is 0 Å². The van der Waals surface area contributed by atoms with E-state index in [1.807, 2.05) is 0 Å². The minimum atomic E-state index is -4.24. The van der Waals surface area contributed by atoms with Gasteiger partial charge in [0.1, 0.15) is 0 Å². The Bertz CT molecular complexity index is 310. The van der Waals surface area contributed by atoms with Crippen molar-refractivity contribution < 1.29 is 22.6 Å². The largest absolute Gasteiger partial charge is 0.412 e. The van der Waals surface area contributed by atoms with E-state index in [1.54, 1.807) is 0 Å². The lowest BCUT2D eigenvalue weighted by Crippen LogP contribution is -2.04. The molecular weight excluding hydrogens is 331 g/mol. The van der Waals surface area contributed by atoms with E-state index in [1.165, 1.54) is 70.6 Å². The van der Waals surface area contributed by atoms with E-state index in [-0.39, 0.29) is 29.4 Å². The van der Waals surface area contributed by atoms with Gasteiger partial charge in [0.2, 0.25) is 0 Å². The molecule has 0 radical (unpaired) electrons. The second-order valence-electron chi connectivity index (χ2n) is 5.85. The summed E-state index contributed by atoms with van der Waals surface area (Å²) in [4.78, 5) is 0. The Morgan fingerprint density at radius 1 is 0.696 bits per heavy atom. The van der Waals surface area contributed by atoms with Crippen LogP contribution in [0.3, 0.4) is 0 Å². The second-order valence-corrected chi connectivity index (χ2v) is 6.94. The molecule has 5 nitrogen and oxygen atoms in total. The van der Waals surface area contributed by atoms with Crippen molar-refractivity contribution in [1.82, 2.24) is 0 Å². The number of rotatable bonds is 16. The molecule has 0 atom stereocenters. The average Bonchev–Trinajstić information content (AvgIpc) is 2.42.